The minimum absolute atomic E-state index is 0.205. The Morgan fingerprint density at radius 1 is 1.32 bits per heavy atom. The lowest BCUT2D eigenvalue weighted by Crippen LogP contribution is -2.36. The zero-order chi connectivity index (χ0) is 18.0. The van der Waals surface area contributed by atoms with Gasteiger partial charge in [-0.05, 0) is 17.5 Å². The SMILES string of the molecule is CC[C@@H](NC(=O)CN1Cc2ccccc2C1)c1nc(C(F)(F)F)cs1. The second-order valence-corrected chi connectivity index (χ2v) is 6.90. The molecule has 1 aromatic heterocycles. The van der Waals surface area contributed by atoms with Gasteiger partial charge in [-0.1, -0.05) is 31.2 Å². The molecule has 8 heteroatoms. The van der Waals surface area contributed by atoms with E-state index in [9.17, 15) is 18.0 Å². The van der Waals surface area contributed by atoms with E-state index < -0.39 is 17.9 Å². The Kier molecular flexibility index (Phi) is 5.10. The van der Waals surface area contributed by atoms with Gasteiger partial charge >= 0.3 is 6.18 Å². The fourth-order valence-electron chi connectivity index (χ4n) is 2.87. The van der Waals surface area contributed by atoms with E-state index in [0.717, 1.165) is 16.7 Å². The smallest absolute Gasteiger partial charge is 0.346 e. The van der Waals surface area contributed by atoms with Crippen molar-refractivity contribution in [3.05, 3.63) is 51.5 Å². The Morgan fingerprint density at radius 2 is 1.96 bits per heavy atom. The number of hydrogen-bond donors (Lipinski definition) is 1. The zero-order valence-corrected chi connectivity index (χ0v) is 14.5. The first kappa shape index (κ1) is 17.9. The van der Waals surface area contributed by atoms with E-state index in [1.165, 1.54) is 11.1 Å². The molecule has 25 heavy (non-hydrogen) atoms. The molecule has 1 atom stereocenters. The van der Waals surface area contributed by atoms with Crippen molar-refractivity contribution < 1.29 is 18.0 Å². The molecule has 4 nitrogen and oxygen atoms in total. The molecule has 1 aromatic carbocycles. The van der Waals surface area contributed by atoms with Gasteiger partial charge in [0.05, 0.1) is 12.6 Å². The number of hydrogen-bond acceptors (Lipinski definition) is 4. The van der Waals surface area contributed by atoms with Gasteiger partial charge in [-0.3, -0.25) is 9.69 Å². The molecular weight excluding hydrogens is 351 g/mol. The van der Waals surface area contributed by atoms with Crippen LogP contribution in [0, 0.1) is 0 Å². The summed E-state index contributed by atoms with van der Waals surface area (Å²) < 4.78 is 38.0. The number of carbonyl (C=O) groups is 1. The zero-order valence-electron chi connectivity index (χ0n) is 13.6. The Labute approximate surface area is 147 Å². The van der Waals surface area contributed by atoms with E-state index in [-0.39, 0.29) is 17.5 Å². The lowest BCUT2D eigenvalue weighted by Gasteiger charge is -2.18. The summed E-state index contributed by atoms with van der Waals surface area (Å²) in [5.74, 6) is -0.205. The van der Waals surface area contributed by atoms with Gasteiger partial charge in [-0.2, -0.15) is 13.2 Å². The van der Waals surface area contributed by atoms with Crippen molar-refractivity contribution in [3.63, 3.8) is 0 Å². The van der Waals surface area contributed by atoms with Crippen LogP contribution < -0.4 is 5.32 Å². The average molecular weight is 369 g/mol. The first-order valence-corrected chi connectivity index (χ1v) is 8.86. The Hall–Kier alpha value is -1.93. The molecule has 134 valence electrons. The predicted octanol–water partition coefficient (Wildman–Crippen LogP) is 3.75. The van der Waals surface area contributed by atoms with Crippen LogP contribution in [0.1, 0.15) is 41.2 Å². The van der Waals surface area contributed by atoms with Crippen LogP contribution in [0.15, 0.2) is 29.6 Å². The van der Waals surface area contributed by atoms with Crippen LogP contribution in [0.5, 0.6) is 0 Å². The summed E-state index contributed by atoms with van der Waals surface area (Å²) in [6.45, 7) is 3.43. The second-order valence-electron chi connectivity index (χ2n) is 6.01. The molecule has 0 bridgehead atoms. The molecule has 2 heterocycles. The van der Waals surface area contributed by atoms with E-state index in [1.807, 2.05) is 36.1 Å². The van der Waals surface area contributed by atoms with Crippen molar-refractivity contribution >= 4 is 17.2 Å². The Balaban J connectivity index is 1.59. The number of thiazole rings is 1. The molecule has 1 aliphatic rings. The molecule has 0 spiro atoms. The third kappa shape index (κ3) is 4.19. The van der Waals surface area contributed by atoms with E-state index in [0.29, 0.717) is 19.5 Å². The number of carbonyl (C=O) groups excluding carboxylic acids is 1. The van der Waals surface area contributed by atoms with Crippen LogP contribution in [-0.2, 0) is 24.1 Å². The number of amides is 1. The molecule has 0 saturated carbocycles. The first-order valence-electron chi connectivity index (χ1n) is 7.98. The molecule has 0 saturated heterocycles. The maximum Gasteiger partial charge on any atom is 0.434 e. The van der Waals surface area contributed by atoms with E-state index >= 15 is 0 Å². The van der Waals surface area contributed by atoms with E-state index in [2.05, 4.69) is 10.3 Å². The molecule has 1 aliphatic heterocycles. The molecule has 3 rings (SSSR count). The number of rotatable bonds is 5. The molecule has 1 amide bonds. The molecule has 1 N–H and O–H groups in total. The van der Waals surface area contributed by atoms with Gasteiger partial charge < -0.3 is 5.32 Å². The van der Waals surface area contributed by atoms with Crippen molar-refractivity contribution in [2.75, 3.05) is 6.54 Å². The highest BCUT2D eigenvalue weighted by molar-refractivity contribution is 7.09. The highest BCUT2D eigenvalue weighted by Gasteiger charge is 2.34. The fraction of sp³-hybridized carbons (Fsp3) is 0.412. The van der Waals surface area contributed by atoms with Gasteiger partial charge in [0.15, 0.2) is 5.69 Å². The number of aromatic nitrogens is 1. The van der Waals surface area contributed by atoms with Crippen molar-refractivity contribution in [1.82, 2.24) is 15.2 Å². The van der Waals surface area contributed by atoms with Crippen molar-refractivity contribution in [3.8, 4) is 0 Å². The summed E-state index contributed by atoms with van der Waals surface area (Å²) >= 11 is 0.924. The quantitative estimate of drug-likeness (QED) is 0.873. The fourth-order valence-corrected chi connectivity index (χ4v) is 3.83. The molecule has 0 fully saturated rings. The van der Waals surface area contributed by atoms with Gasteiger partial charge in [0, 0.05) is 18.5 Å². The van der Waals surface area contributed by atoms with Crippen LogP contribution in [0.4, 0.5) is 13.2 Å². The second kappa shape index (κ2) is 7.13. The summed E-state index contributed by atoms with van der Waals surface area (Å²) in [4.78, 5) is 17.9. The molecule has 2 aromatic rings. The average Bonchev–Trinajstić information content (AvgIpc) is 3.18. The van der Waals surface area contributed by atoms with Crippen LogP contribution in [0.3, 0.4) is 0 Å². The van der Waals surface area contributed by atoms with Crippen LogP contribution >= 0.6 is 11.3 Å². The van der Waals surface area contributed by atoms with Crippen LogP contribution in [-0.4, -0.2) is 22.3 Å². The summed E-state index contributed by atoms with van der Waals surface area (Å²) in [6, 6.07) is 7.51. The minimum Gasteiger partial charge on any atom is -0.346 e. The van der Waals surface area contributed by atoms with Gasteiger partial charge in [0.2, 0.25) is 5.91 Å². The standard InChI is InChI=1S/C17H18F3N3OS/c1-2-13(16-22-14(10-25-16)17(18,19)20)21-15(24)9-23-7-11-5-3-4-6-12(11)8-23/h3-6,10,13H,2,7-9H2,1H3,(H,21,24)/t13-/m1/s1. The van der Waals surface area contributed by atoms with Gasteiger partial charge in [0.25, 0.3) is 0 Å². The topological polar surface area (TPSA) is 45.2 Å². The highest BCUT2D eigenvalue weighted by atomic mass is 32.1. The Bertz CT molecular complexity index is 735. The summed E-state index contributed by atoms with van der Waals surface area (Å²) in [7, 11) is 0. The van der Waals surface area contributed by atoms with Gasteiger partial charge in [-0.25, -0.2) is 4.98 Å². The maximum absolute atomic E-state index is 12.7. The number of benzene rings is 1. The van der Waals surface area contributed by atoms with E-state index in [1.54, 1.807) is 0 Å². The number of nitrogens with zero attached hydrogens (tertiary/aromatic N) is 2. The summed E-state index contributed by atoms with van der Waals surface area (Å²) in [5, 5.41) is 4.07. The van der Waals surface area contributed by atoms with Crippen LogP contribution in [0.25, 0.3) is 0 Å². The number of fused-ring (bicyclic) bond motifs is 1. The van der Waals surface area contributed by atoms with Crippen molar-refractivity contribution in [2.24, 2.45) is 0 Å². The van der Waals surface area contributed by atoms with Gasteiger partial charge in [0.1, 0.15) is 5.01 Å². The summed E-state index contributed by atoms with van der Waals surface area (Å²) in [5.41, 5.74) is 1.50. The third-order valence-corrected chi connectivity index (χ3v) is 5.09. The summed E-state index contributed by atoms with van der Waals surface area (Å²) in [6.07, 6.45) is -3.98. The lowest BCUT2D eigenvalue weighted by atomic mass is 10.1. The normalized spacial score (nSPS) is 15.8. The van der Waals surface area contributed by atoms with E-state index in [4.69, 9.17) is 0 Å². The Morgan fingerprint density at radius 3 is 2.48 bits per heavy atom. The minimum atomic E-state index is -4.46. The number of halogens is 3. The maximum atomic E-state index is 12.7. The monoisotopic (exact) mass is 369 g/mol. The molecule has 0 radical (unpaired) electrons. The third-order valence-electron chi connectivity index (χ3n) is 4.13. The number of nitrogens with one attached hydrogen (secondary N) is 1. The number of alkyl halides is 3. The van der Waals surface area contributed by atoms with Crippen molar-refractivity contribution in [2.45, 2.75) is 38.7 Å². The predicted molar refractivity (Wildman–Crippen MR) is 88.8 cm³/mol. The largest absolute Gasteiger partial charge is 0.434 e. The first-order chi connectivity index (χ1) is 11.9. The van der Waals surface area contributed by atoms with Crippen LogP contribution in [0.2, 0.25) is 0 Å². The molecule has 0 unspecified atom stereocenters. The van der Waals surface area contributed by atoms with Crippen molar-refractivity contribution in [1.29, 1.82) is 0 Å². The molecular formula is C17H18F3N3OS. The highest BCUT2D eigenvalue weighted by Crippen LogP contribution is 2.32. The van der Waals surface area contributed by atoms with Gasteiger partial charge in [-0.15, -0.1) is 11.3 Å². The lowest BCUT2D eigenvalue weighted by molar-refractivity contribution is -0.140. The molecule has 0 aliphatic carbocycles.